The first-order chi connectivity index (χ1) is 8.97. The summed E-state index contributed by atoms with van der Waals surface area (Å²) in [5.41, 5.74) is 0.870. The molecular weight excluding hydrogens is 273 g/mol. The molecule has 2 rings (SSSR count). The molecule has 0 spiro atoms. The number of carboxylic acid groups (broad SMARTS) is 1. The van der Waals surface area contributed by atoms with E-state index >= 15 is 0 Å². The minimum atomic E-state index is -1.09. The van der Waals surface area contributed by atoms with Crippen LogP contribution in [-0.4, -0.2) is 21.0 Å². The van der Waals surface area contributed by atoms with Crippen molar-refractivity contribution in [3.8, 4) is 0 Å². The number of aromatic nitrogens is 2. The van der Waals surface area contributed by atoms with E-state index in [-0.39, 0.29) is 16.5 Å². The SMILES string of the molecule is Cc1nc(Nc2ccc(F)c(Cl)c2)ncc1C(=O)O. The molecule has 0 unspecified atom stereocenters. The van der Waals surface area contributed by atoms with Crippen LogP contribution in [0.1, 0.15) is 16.1 Å². The largest absolute Gasteiger partial charge is 0.478 e. The monoisotopic (exact) mass is 281 g/mol. The number of rotatable bonds is 3. The number of hydrogen-bond donors (Lipinski definition) is 2. The number of aromatic carboxylic acids is 1. The van der Waals surface area contributed by atoms with Crippen molar-refractivity contribution in [2.24, 2.45) is 0 Å². The van der Waals surface area contributed by atoms with Crippen LogP contribution in [0.4, 0.5) is 16.0 Å². The highest BCUT2D eigenvalue weighted by Crippen LogP contribution is 2.21. The van der Waals surface area contributed by atoms with E-state index in [4.69, 9.17) is 16.7 Å². The summed E-state index contributed by atoms with van der Waals surface area (Å²) in [6, 6.07) is 4.08. The average Bonchev–Trinajstić information content (AvgIpc) is 2.33. The Hall–Kier alpha value is -2.21. The minimum Gasteiger partial charge on any atom is -0.478 e. The summed E-state index contributed by atoms with van der Waals surface area (Å²) in [7, 11) is 0. The van der Waals surface area contributed by atoms with Crippen LogP contribution >= 0.6 is 11.6 Å². The van der Waals surface area contributed by atoms with Gasteiger partial charge in [-0.05, 0) is 25.1 Å². The molecule has 7 heteroatoms. The lowest BCUT2D eigenvalue weighted by molar-refractivity contribution is 0.0695. The number of nitrogens with zero attached hydrogens (tertiary/aromatic N) is 2. The molecule has 19 heavy (non-hydrogen) atoms. The van der Waals surface area contributed by atoms with Crippen molar-refractivity contribution in [2.75, 3.05) is 5.32 Å². The summed E-state index contributed by atoms with van der Waals surface area (Å²) in [5, 5.41) is 11.6. The van der Waals surface area contributed by atoms with Crippen LogP contribution in [0.25, 0.3) is 0 Å². The van der Waals surface area contributed by atoms with E-state index < -0.39 is 11.8 Å². The number of benzene rings is 1. The second kappa shape index (κ2) is 5.19. The molecule has 2 aromatic rings. The number of nitrogens with one attached hydrogen (secondary N) is 1. The number of aryl methyl sites for hydroxylation is 1. The van der Waals surface area contributed by atoms with Gasteiger partial charge in [-0.15, -0.1) is 0 Å². The summed E-state index contributed by atoms with van der Waals surface area (Å²) < 4.78 is 13.0. The molecule has 0 saturated carbocycles. The summed E-state index contributed by atoms with van der Waals surface area (Å²) >= 11 is 5.64. The highest BCUT2D eigenvalue weighted by atomic mass is 35.5. The van der Waals surface area contributed by atoms with E-state index in [2.05, 4.69) is 15.3 Å². The van der Waals surface area contributed by atoms with Crippen LogP contribution in [0.2, 0.25) is 5.02 Å². The summed E-state index contributed by atoms with van der Waals surface area (Å²) in [5.74, 6) is -1.40. The van der Waals surface area contributed by atoms with Crippen LogP contribution in [0.5, 0.6) is 0 Å². The zero-order valence-corrected chi connectivity index (χ0v) is 10.6. The molecule has 1 aromatic heterocycles. The van der Waals surface area contributed by atoms with Gasteiger partial charge >= 0.3 is 5.97 Å². The highest BCUT2D eigenvalue weighted by molar-refractivity contribution is 6.31. The predicted octanol–water partition coefficient (Wildman–Crippen LogP) is 3.02. The predicted molar refractivity (Wildman–Crippen MR) is 68.4 cm³/mol. The first-order valence-corrected chi connectivity index (χ1v) is 5.64. The number of hydrogen-bond acceptors (Lipinski definition) is 4. The Bertz CT molecular complexity index is 649. The maximum absolute atomic E-state index is 13.0. The molecule has 1 heterocycles. The summed E-state index contributed by atoms with van der Waals surface area (Å²) in [4.78, 5) is 18.7. The summed E-state index contributed by atoms with van der Waals surface area (Å²) in [6.07, 6.45) is 1.21. The quantitative estimate of drug-likeness (QED) is 0.904. The number of carboxylic acids is 1. The molecule has 0 radical (unpaired) electrons. The van der Waals surface area contributed by atoms with Gasteiger partial charge in [0, 0.05) is 11.9 Å². The number of halogens is 2. The molecule has 0 aliphatic carbocycles. The van der Waals surface area contributed by atoms with Gasteiger partial charge in [0.25, 0.3) is 0 Å². The molecular formula is C12H9ClFN3O2. The normalized spacial score (nSPS) is 10.3. The van der Waals surface area contributed by atoms with Crippen molar-refractivity contribution < 1.29 is 14.3 Å². The first-order valence-electron chi connectivity index (χ1n) is 5.26. The van der Waals surface area contributed by atoms with Crippen molar-refractivity contribution in [3.05, 3.63) is 46.5 Å². The average molecular weight is 282 g/mol. The third-order valence-corrected chi connectivity index (χ3v) is 2.68. The number of carbonyl (C=O) groups is 1. The Morgan fingerprint density at radius 1 is 1.47 bits per heavy atom. The van der Waals surface area contributed by atoms with Gasteiger partial charge in [-0.3, -0.25) is 0 Å². The minimum absolute atomic E-state index is 0.0242. The fourth-order valence-electron chi connectivity index (χ4n) is 1.44. The Morgan fingerprint density at radius 3 is 2.79 bits per heavy atom. The van der Waals surface area contributed by atoms with Crippen LogP contribution in [0.15, 0.2) is 24.4 Å². The van der Waals surface area contributed by atoms with Crippen LogP contribution in [0.3, 0.4) is 0 Å². The number of anilines is 2. The van der Waals surface area contributed by atoms with E-state index in [9.17, 15) is 9.18 Å². The second-order valence-electron chi connectivity index (χ2n) is 3.75. The van der Waals surface area contributed by atoms with E-state index in [0.717, 1.165) is 0 Å². The highest BCUT2D eigenvalue weighted by Gasteiger charge is 2.10. The van der Waals surface area contributed by atoms with Crippen molar-refractivity contribution in [1.82, 2.24) is 9.97 Å². The lowest BCUT2D eigenvalue weighted by Gasteiger charge is -2.07. The van der Waals surface area contributed by atoms with Gasteiger partial charge in [0.15, 0.2) is 0 Å². The zero-order chi connectivity index (χ0) is 14.0. The standard InChI is InChI=1S/C12H9ClFN3O2/c1-6-8(11(18)19)5-15-12(16-6)17-7-2-3-10(14)9(13)4-7/h2-5H,1H3,(H,18,19)(H,15,16,17). The van der Waals surface area contributed by atoms with Gasteiger partial charge in [0.05, 0.1) is 16.3 Å². The van der Waals surface area contributed by atoms with Crippen molar-refractivity contribution in [2.45, 2.75) is 6.92 Å². The first kappa shape index (κ1) is 13.2. The molecule has 0 aliphatic rings. The molecule has 5 nitrogen and oxygen atoms in total. The lowest BCUT2D eigenvalue weighted by atomic mass is 10.2. The van der Waals surface area contributed by atoms with Gasteiger partial charge in [-0.25, -0.2) is 19.2 Å². The fraction of sp³-hybridized carbons (Fsp3) is 0.0833. The van der Waals surface area contributed by atoms with Gasteiger partial charge < -0.3 is 10.4 Å². The van der Waals surface area contributed by atoms with E-state index in [1.54, 1.807) is 6.92 Å². The smallest absolute Gasteiger partial charge is 0.339 e. The van der Waals surface area contributed by atoms with E-state index in [0.29, 0.717) is 11.4 Å². The third kappa shape index (κ3) is 2.97. The van der Waals surface area contributed by atoms with Crippen molar-refractivity contribution in [3.63, 3.8) is 0 Å². The van der Waals surface area contributed by atoms with Crippen LogP contribution in [-0.2, 0) is 0 Å². The molecule has 98 valence electrons. The van der Waals surface area contributed by atoms with Gasteiger partial charge in [-0.1, -0.05) is 11.6 Å². The van der Waals surface area contributed by atoms with Crippen molar-refractivity contribution >= 4 is 29.2 Å². The van der Waals surface area contributed by atoms with Gasteiger partial charge in [0.2, 0.25) is 5.95 Å². The lowest BCUT2D eigenvalue weighted by Crippen LogP contribution is -2.06. The van der Waals surface area contributed by atoms with Crippen LogP contribution < -0.4 is 5.32 Å². The fourth-order valence-corrected chi connectivity index (χ4v) is 1.62. The molecule has 0 aliphatic heterocycles. The Morgan fingerprint density at radius 2 is 2.21 bits per heavy atom. The molecule has 1 aromatic carbocycles. The van der Waals surface area contributed by atoms with E-state index in [1.807, 2.05) is 0 Å². The molecule has 0 saturated heterocycles. The topological polar surface area (TPSA) is 75.1 Å². The second-order valence-corrected chi connectivity index (χ2v) is 4.16. The molecule has 0 fully saturated rings. The van der Waals surface area contributed by atoms with E-state index in [1.165, 1.54) is 24.4 Å². The Kier molecular flexibility index (Phi) is 3.62. The zero-order valence-electron chi connectivity index (χ0n) is 9.82. The molecule has 0 bridgehead atoms. The van der Waals surface area contributed by atoms with Gasteiger partial charge in [0.1, 0.15) is 5.82 Å². The molecule has 0 amide bonds. The molecule has 2 N–H and O–H groups in total. The van der Waals surface area contributed by atoms with Crippen molar-refractivity contribution in [1.29, 1.82) is 0 Å². The maximum atomic E-state index is 13.0. The maximum Gasteiger partial charge on any atom is 0.339 e. The van der Waals surface area contributed by atoms with Gasteiger partial charge in [-0.2, -0.15) is 0 Å². The molecule has 0 atom stereocenters. The van der Waals surface area contributed by atoms with Crippen LogP contribution in [0, 0.1) is 12.7 Å². The summed E-state index contributed by atoms with van der Waals surface area (Å²) in [6.45, 7) is 1.56. The third-order valence-electron chi connectivity index (χ3n) is 2.39. The Labute approximate surface area is 113 Å². The Balaban J connectivity index is 2.26.